The van der Waals surface area contributed by atoms with E-state index >= 15 is 0 Å². The van der Waals surface area contributed by atoms with E-state index in [0.29, 0.717) is 11.7 Å². The second-order valence-electron chi connectivity index (χ2n) is 6.43. The molecular formula is C15H28N2O. The van der Waals surface area contributed by atoms with Crippen LogP contribution in [0.1, 0.15) is 51.4 Å². The summed E-state index contributed by atoms with van der Waals surface area (Å²) in [5, 5.41) is 3.48. The van der Waals surface area contributed by atoms with Crippen molar-refractivity contribution in [2.24, 2.45) is 0 Å². The van der Waals surface area contributed by atoms with Crippen molar-refractivity contribution in [1.82, 2.24) is 10.2 Å². The molecule has 0 amide bonds. The topological polar surface area (TPSA) is 24.5 Å². The van der Waals surface area contributed by atoms with E-state index < -0.39 is 0 Å². The third kappa shape index (κ3) is 3.06. The third-order valence-corrected chi connectivity index (χ3v) is 5.00. The Morgan fingerprint density at radius 1 is 1.00 bits per heavy atom. The van der Waals surface area contributed by atoms with Crippen molar-refractivity contribution < 1.29 is 4.74 Å². The quantitative estimate of drug-likeness (QED) is 0.815. The summed E-state index contributed by atoms with van der Waals surface area (Å²) in [6, 6.07) is 0. The number of nitrogens with zero attached hydrogens (tertiary/aromatic N) is 1. The van der Waals surface area contributed by atoms with Gasteiger partial charge < -0.3 is 10.1 Å². The molecule has 1 spiro atoms. The number of nitrogens with one attached hydrogen (secondary N) is 1. The van der Waals surface area contributed by atoms with Gasteiger partial charge in [-0.3, -0.25) is 4.90 Å². The summed E-state index contributed by atoms with van der Waals surface area (Å²) in [4.78, 5) is 2.60. The molecule has 2 heterocycles. The lowest BCUT2D eigenvalue weighted by Crippen LogP contribution is -2.38. The Morgan fingerprint density at radius 3 is 2.78 bits per heavy atom. The highest BCUT2D eigenvalue weighted by Gasteiger charge is 2.41. The van der Waals surface area contributed by atoms with E-state index in [0.717, 1.165) is 6.54 Å². The van der Waals surface area contributed by atoms with Crippen molar-refractivity contribution >= 4 is 0 Å². The summed E-state index contributed by atoms with van der Waals surface area (Å²) in [5.74, 6) is 0. The molecule has 0 aromatic carbocycles. The van der Waals surface area contributed by atoms with Crippen LogP contribution < -0.4 is 5.32 Å². The van der Waals surface area contributed by atoms with Gasteiger partial charge in [0.2, 0.25) is 0 Å². The maximum atomic E-state index is 6.47. The monoisotopic (exact) mass is 252 g/mol. The fraction of sp³-hybridized carbons (Fsp3) is 1.00. The standard InChI is InChI=1S/C15H28N2O/c1-2-6-15(7-3-1)8-5-14(18-15)13-17-11-4-9-16-10-12-17/h14,16H,1-13H2. The highest BCUT2D eigenvalue weighted by molar-refractivity contribution is 4.92. The maximum Gasteiger partial charge on any atom is 0.0710 e. The third-order valence-electron chi connectivity index (χ3n) is 5.00. The van der Waals surface area contributed by atoms with E-state index in [-0.39, 0.29) is 0 Å². The van der Waals surface area contributed by atoms with Gasteiger partial charge in [-0.05, 0) is 45.2 Å². The Hall–Kier alpha value is -0.120. The predicted molar refractivity (Wildman–Crippen MR) is 73.8 cm³/mol. The molecular weight excluding hydrogens is 224 g/mol. The van der Waals surface area contributed by atoms with Gasteiger partial charge in [-0.1, -0.05) is 19.3 Å². The summed E-state index contributed by atoms with van der Waals surface area (Å²) in [6.07, 6.45) is 11.3. The van der Waals surface area contributed by atoms with Crippen LogP contribution in [-0.4, -0.2) is 49.3 Å². The van der Waals surface area contributed by atoms with Gasteiger partial charge in [-0.2, -0.15) is 0 Å². The van der Waals surface area contributed by atoms with Crippen molar-refractivity contribution in [1.29, 1.82) is 0 Å². The molecule has 3 heteroatoms. The van der Waals surface area contributed by atoms with Crippen molar-refractivity contribution in [3.63, 3.8) is 0 Å². The van der Waals surface area contributed by atoms with Crippen LogP contribution in [0.2, 0.25) is 0 Å². The Labute approximate surface area is 111 Å². The van der Waals surface area contributed by atoms with Gasteiger partial charge in [0.15, 0.2) is 0 Å². The SMILES string of the molecule is C1CCC2(CC1)CCC(CN1CCCNCC1)O2. The van der Waals surface area contributed by atoms with E-state index in [1.165, 1.54) is 77.5 Å². The number of ether oxygens (including phenoxy) is 1. The lowest BCUT2D eigenvalue weighted by molar-refractivity contribution is -0.0714. The Morgan fingerprint density at radius 2 is 1.89 bits per heavy atom. The lowest BCUT2D eigenvalue weighted by atomic mass is 9.83. The lowest BCUT2D eigenvalue weighted by Gasteiger charge is -2.34. The van der Waals surface area contributed by atoms with Crippen molar-refractivity contribution in [2.45, 2.75) is 63.1 Å². The molecule has 0 bridgehead atoms. The van der Waals surface area contributed by atoms with E-state index in [2.05, 4.69) is 10.2 Å². The number of hydrogen-bond acceptors (Lipinski definition) is 3. The molecule has 1 N–H and O–H groups in total. The zero-order chi connectivity index (χ0) is 12.3. The van der Waals surface area contributed by atoms with Gasteiger partial charge in [0.05, 0.1) is 11.7 Å². The van der Waals surface area contributed by atoms with E-state index in [4.69, 9.17) is 4.74 Å². The number of rotatable bonds is 2. The summed E-state index contributed by atoms with van der Waals surface area (Å²) in [5.41, 5.74) is 0.299. The van der Waals surface area contributed by atoms with Gasteiger partial charge in [-0.15, -0.1) is 0 Å². The van der Waals surface area contributed by atoms with E-state index in [9.17, 15) is 0 Å². The van der Waals surface area contributed by atoms with Gasteiger partial charge in [0.1, 0.15) is 0 Å². The first-order valence-corrected chi connectivity index (χ1v) is 7.97. The minimum atomic E-state index is 0.299. The first-order valence-electron chi connectivity index (χ1n) is 7.97. The molecule has 1 saturated carbocycles. The smallest absolute Gasteiger partial charge is 0.0710 e. The molecule has 104 valence electrons. The molecule has 1 unspecified atom stereocenters. The second-order valence-corrected chi connectivity index (χ2v) is 6.43. The molecule has 2 saturated heterocycles. The largest absolute Gasteiger partial charge is 0.370 e. The van der Waals surface area contributed by atoms with Gasteiger partial charge >= 0.3 is 0 Å². The molecule has 3 fully saturated rings. The first-order chi connectivity index (χ1) is 8.86. The normalized spacial score (nSPS) is 33.7. The first kappa shape index (κ1) is 12.9. The zero-order valence-corrected chi connectivity index (χ0v) is 11.6. The zero-order valence-electron chi connectivity index (χ0n) is 11.6. The van der Waals surface area contributed by atoms with Crippen molar-refractivity contribution in [2.75, 3.05) is 32.7 Å². The Bertz CT molecular complexity index is 255. The average Bonchev–Trinajstić information content (AvgIpc) is 2.62. The fourth-order valence-corrected chi connectivity index (χ4v) is 3.96. The second kappa shape index (κ2) is 5.89. The van der Waals surface area contributed by atoms with Crippen molar-refractivity contribution in [3.8, 4) is 0 Å². The molecule has 0 aromatic rings. The minimum absolute atomic E-state index is 0.299. The van der Waals surface area contributed by atoms with E-state index in [1.54, 1.807) is 0 Å². The van der Waals surface area contributed by atoms with Crippen LogP contribution in [0, 0.1) is 0 Å². The summed E-state index contributed by atoms with van der Waals surface area (Å²) in [6.45, 7) is 5.96. The highest BCUT2D eigenvalue weighted by Crippen LogP contribution is 2.41. The molecule has 3 aliphatic rings. The summed E-state index contributed by atoms with van der Waals surface area (Å²) < 4.78 is 6.47. The van der Waals surface area contributed by atoms with E-state index in [1.807, 2.05) is 0 Å². The molecule has 1 atom stereocenters. The van der Waals surface area contributed by atoms with Gasteiger partial charge in [0, 0.05) is 19.6 Å². The van der Waals surface area contributed by atoms with Gasteiger partial charge in [0.25, 0.3) is 0 Å². The fourth-order valence-electron chi connectivity index (χ4n) is 3.96. The predicted octanol–water partition coefficient (Wildman–Crippen LogP) is 2.16. The number of hydrogen-bond donors (Lipinski definition) is 1. The average molecular weight is 252 g/mol. The van der Waals surface area contributed by atoms with Gasteiger partial charge in [-0.25, -0.2) is 0 Å². The molecule has 3 rings (SSSR count). The minimum Gasteiger partial charge on any atom is -0.370 e. The van der Waals surface area contributed by atoms with Crippen LogP contribution in [0.4, 0.5) is 0 Å². The van der Waals surface area contributed by atoms with Crippen LogP contribution in [0.5, 0.6) is 0 Å². The summed E-state index contributed by atoms with van der Waals surface area (Å²) >= 11 is 0. The van der Waals surface area contributed by atoms with Crippen LogP contribution in [0.15, 0.2) is 0 Å². The van der Waals surface area contributed by atoms with Crippen LogP contribution in [-0.2, 0) is 4.74 Å². The van der Waals surface area contributed by atoms with Crippen molar-refractivity contribution in [3.05, 3.63) is 0 Å². The van der Waals surface area contributed by atoms with Crippen LogP contribution in [0.25, 0.3) is 0 Å². The van der Waals surface area contributed by atoms with Crippen LogP contribution >= 0.6 is 0 Å². The molecule has 1 aliphatic carbocycles. The maximum absolute atomic E-state index is 6.47. The summed E-state index contributed by atoms with van der Waals surface area (Å²) in [7, 11) is 0. The highest BCUT2D eigenvalue weighted by atomic mass is 16.5. The molecule has 18 heavy (non-hydrogen) atoms. The molecule has 0 radical (unpaired) electrons. The Kier molecular flexibility index (Phi) is 4.22. The molecule has 0 aromatic heterocycles. The Balaban J connectivity index is 1.49. The molecule has 3 nitrogen and oxygen atoms in total. The van der Waals surface area contributed by atoms with Crippen LogP contribution in [0.3, 0.4) is 0 Å². The molecule has 2 aliphatic heterocycles.